The van der Waals surface area contributed by atoms with Gasteiger partial charge in [0.1, 0.15) is 0 Å². The highest BCUT2D eigenvalue weighted by Crippen LogP contribution is 2.21. The zero-order valence-corrected chi connectivity index (χ0v) is 10.4. The van der Waals surface area contributed by atoms with Crippen LogP contribution >= 0.6 is 0 Å². The predicted octanol–water partition coefficient (Wildman–Crippen LogP) is 2.96. The topological polar surface area (TPSA) is 17.0 Å². The number of nitrogens with one attached hydrogen (secondary N) is 1. The minimum Gasteiger partial charge on any atom is -0.346 e. The standard InChI is InChI=1S/C15H20N2/c1-2-12-4-3-5-13-8-10-17(15(12)13)11-9-16-14-6-7-14/h3-5,8,10,14,16H,2,6-7,9,11H2,1H3. The Kier molecular flexibility index (Phi) is 2.89. The third-order valence-electron chi connectivity index (χ3n) is 3.62. The van der Waals surface area contributed by atoms with E-state index in [-0.39, 0.29) is 0 Å². The van der Waals surface area contributed by atoms with Crippen molar-refractivity contribution in [3.05, 3.63) is 36.0 Å². The van der Waals surface area contributed by atoms with Crippen molar-refractivity contribution in [2.45, 2.75) is 38.8 Å². The maximum Gasteiger partial charge on any atom is 0.0513 e. The molecule has 0 bridgehead atoms. The molecule has 1 aromatic carbocycles. The van der Waals surface area contributed by atoms with Crippen molar-refractivity contribution in [3.8, 4) is 0 Å². The summed E-state index contributed by atoms with van der Waals surface area (Å²) >= 11 is 0. The molecule has 1 heterocycles. The minimum absolute atomic E-state index is 0.808. The van der Waals surface area contributed by atoms with Crippen molar-refractivity contribution in [1.82, 2.24) is 9.88 Å². The summed E-state index contributed by atoms with van der Waals surface area (Å²) in [6.07, 6.45) is 6.06. The lowest BCUT2D eigenvalue weighted by molar-refractivity contribution is 0.606. The van der Waals surface area contributed by atoms with E-state index >= 15 is 0 Å². The van der Waals surface area contributed by atoms with Crippen molar-refractivity contribution in [2.24, 2.45) is 0 Å². The van der Waals surface area contributed by atoms with Crippen LogP contribution in [0.2, 0.25) is 0 Å². The molecule has 3 rings (SSSR count). The van der Waals surface area contributed by atoms with E-state index in [9.17, 15) is 0 Å². The van der Waals surface area contributed by atoms with E-state index in [4.69, 9.17) is 0 Å². The number of para-hydroxylation sites is 1. The fourth-order valence-electron chi connectivity index (χ4n) is 2.49. The molecule has 17 heavy (non-hydrogen) atoms. The molecule has 0 unspecified atom stereocenters. The summed E-state index contributed by atoms with van der Waals surface area (Å²) in [5.74, 6) is 0. The van der Waals surface area contributed by atoms with Crippen molar-refractivity contribution in [2.75, 3.05) is 6.54 Å². The van der Waals surface area contributed by atoms with Crippen LogP contribution in [0, 0.1) is 0 Å². The van der Waals surface area contributed by atoms with Gasteiger partial charge in [-0.15, -0.1) is 0 Å². The van der Waals surface area contributed by atoms with Gasteiger partial charge in [-0.3, -0.25) is 0 Å². The lowest BCUT2D eigenvalue weighted by Crippen LogP contribution is -2.21. The number of benzene rings is 1. The Hall–Kier alpha value is -1.28. The van der Waals surface area contributed by atoms with Gasteiger partial charge in [-0.1, -0.05) is 25.1 Å². The Morgan fingerprint density at radius 1 is 1.29 bits per heavy atom. The van der Waals surface area contributed by atoms with Gasteiger partial charge in [0.05, 0.1) is 5.52 Å². The van der Waals surface area contributed by atoms with Gasteiger partial charge in [0.25, 0.3) is 0 Å². The number of fused-ring (bicyclic) bond motifs is 1. The second-order valence-corrected chi connectivity index (χ2v) is 4.95. The Labute approximate surface area is 103 Å². The summed E-state index contributed by atoms with van der Waals surface area (Å²) in [7, 11) is 0. The Balaban J connectivity index is 1.82. The van der Waals surface area contributed by atoms with Crippen LogP contribution in [0.3, 0.4) is 0 Å². The van der Waals surface area contributed by atoms with Crippen LogP contribution in [0.1, 0.15) is 25.3 Å². The van der Waals surface area contributed by atoms with E-state index in [2.05, 4.69) is 47.3 Å². The smallest absolute Gasteiger partial charge is 0.0513 e. The highest BCUT2D eigenvalue weighted by molar-refractivity contribution is 5.83. The molecule has 90 valence electrons. The van der Waals surface area contributed by atoms with Gasteiger partial charge in [0.15, 0.2) is 0 Å². The molecule has 0 atom stereocenters. The van der Waals surface area contributed by atoms with Crippen LogP contribution in [-0.2, 0) is 13.0 Å². The SMILES string of the molecule is CCc1cccc2ccn(CCNC3CC3)c12. The van der Waals surface area contributed by atoms with Crippen molar-refractivity contribution < 1.29 is 0 Å². The summed E-state index contributed by atoms with van der Waals surface area (Å²) in [6, 6.07) is 9.65. The second kappa shape index (κ2) is 4.53. The van der Waals surface area contributed by atoms with Crippen LogP contribution in [-0.4, -0.2) is 17.2 Å². The average molecular weight is 228 g/mol. The average Bonchev–Trinajstić information content (AvgIpc) is 3.09. The molecule has 1 saturated carbocycles. The molecular weight excluding hydrogens is 208 g/mol. The van der Waals surface area contributed by atoms with E-state index < -0.39 is 0 Å². The molecule has 1 fully saturated rings. The summed E-state index contributed by atoms with van der Waals surface area (Å²) < 4.78 is 2.39. The van der Waals surface area contributed by atoms with E-state index in [1.807, 2.05) is 0 Å². The van der Waals surface area contributed by atoms with Crippen molar-refractivity contribution in [1.29, 1.82) is 0 Å². The van der Waals surface area contributed by atoms with Crippen molar-refractivity contribution >= 4 is 10.9 Å². The number of rotatable bonds is 5. The number of hydrogen-bond acceptors (Lipinski definition) is 1. The third kappa shape index (κ3) is 2.22. The van der Waals surface area contributed by atoms with E-state index in [1.54, 1.807) is 0 Å². The van der Waals surface area contributed by atoms with Gasteiger partial charge >= 0.3 is 0 Å². The Bertz CT molecular complexity index is 509. The first kappa shape index (κ1) is 10.8. The first-order chi connectivity index (χ1) is 8.38. The van der Waals surface area contributed by atoms with Gasteiger partial charge in [-0.05, 0) is 36.3 Å². The van der Waals surface area contributed by atoms with E-state index in [0.29, 0.717) is 0 Å². The molecule has 1 N–H and O–H groups in total. The summed E-state index contributed by atoms with van der Waals surface area (Å²) in [5, 5.41) is 4.95. The molecule has 2 aromatic rings. The summed E-state index contributed by atoms with van der Waals surface area (Å²) in [5.41, 5.74) is 2.88. The van der Waals surface area contributed by atoms with Crippen LogP contribution in [0.15, 0.2) is 30.5 Å². The van der Waals surface area contributed by atoms with Gasteiger partial charge in [0, 0.05) is 25.3 Å². The molecule has 0 aliphatic heterocycles. The molecule has 2 heteroatoms. The number of aryl methyl sites for hydroxylation is 1. The quantitative estimate of drug-likeness (QED) is 0.832. The predicted molar refractivity (Wildman–Crippen MR) is 72.3 cm³/mol. The molecule has 0 radical (unpaired) electrons. The van der Waals surface area contributed by atoms with Crippen LogP contribution in [0.4, 0.5) is 0 Å². The monoisotopic (exact) mass is 228 g/mol. The maximum atomic E-state index is 3.58. The molecular formula is C15H20N2. The normalized spacial score (nSPS) is 15.6. The van der Waals surface area contributed by atoms with E-state index in [0.717, 1.165) is 25.6 Å². The largest absolute Gasteiger partial charge is 0.346 e. The molecule has 1 aliphatic carbocycles. The molecule has 0 amide bonds. The molecule has 1 aliphatic rings. The highest BCUT2D eigenvalue weighted by Gasteiger charge is 2.19. The van der Waals surface area contributed by atoms with Crippen LogP contribution < -0.4 is 5.32 Å². The lowest BCUT2D eigenvalue weighted by atomic mass is 10.1. The summed E-state index contributed by atoms with van der Waals surface area (Å²) in [6.45, 7) is 4.40. The van der Waals surface area contributed by atoms with Gasteiger partial charge in [0.2, 0.25) is 0 Å². The molecule has 0 spiro atoms. The number of nitrogens with zero attached hydrogens (tertiary/aromatic N) is 1. The second-order valence-electron chi connectivity index (χ2n) is 4.95. The van der Waals surface area contributed by atoms with Gasteiger partial charge < -0.3 is 9.88 Å². The van der Waals surface area contributed by atoms with Gasteiger partial charge in [-0.2, -0.15) is 0 Å². The Morgan fingerprint density at radius 3 is 2.94 bits per heavy atom. The fraction of sp³-hybridized carbons (Fsp3) is 0.467. The zero-order valence-electron chi connectivity index (χ0n) is 10.4. The molecule has 0 saturated heterocycles. The first-order valence-electron chi connectivity index (χ1n) is 6.68. The van der Waals surface area contributed by atoms with Crippen molar-refractivity contribution in [3.63, 3.8) is 0 Å². The van der Waals surface area contributed by atoms with Gasteiger partial charge in [-0.25, -0.2) is 0 Å². The lowest BCUT2D eigenvalue weighted by Gasteiger charge is -2.09. The number of hydrogen-bond donors (Lipinski definition) is 1. The van der Waals surface area contributed by atoms with Crippen LogP contribution in [0.5, 0.6) is 0 Å². The van der Waals surface area contributed by atoms with Crippen LogP contribution in [0.25, 0.3) is 10.9 Å². The highest BCUT2D eigenvalue weighted by atomic mass is 15.0. The minimum atomic E-state index is 0.808. The Morgan fingerprint density at radius 2 is 2.18 bits per heavy atom. The fourth-order valence-corrected chi connectivity index (χ4v) is 2.49. The number of aromatic nitrogens is 1. The third-order valence-corrected chi connectivity index (χ3v) is 3.62. The molecule has 2 nitrogen and oxygen atoms in total. The zero-order chi connectivity index (χ0) is 11.7. The first-order valence-corrected chi connectivity index (χ1v) is 6.68. The molecule has 1 aromatic heterocycles. The summed E-state index contributed by atoms with van der Waals surface area (Å²) in [4.78, 5) is 0. The van der Waals surface area contributed by atoms with E-state index in [1.165, 1.54) is 29.3 Å². The maximum absolute atomic E-state index is 3.58.